The predicted octanol–water partition coefficient (Wildman–Crippen LogP) is 2.60. The van der Waals surface area contributed by atoms with Crippen LogP contribution < -0.4 is 0 Å². The van der Waals surface area contributed by atoms with Gasteiger partial charge in [-0.3, -0.25) is 0 Å². The summed E-state index contributed by atoms with van der Waals surface area (Å²) in [6.07, 6.45) is 0. The highest BCUT2D eigenvalue weighted by Crippen LogP contribution is 2.23. The molecular weight excluding hydrogens is 252 g/mol. The lowest BCUT2D eigenvalue weighted by Crippen LogP contribution is -2.17. The fourth-order valence-corrected chi connectivity index (χ4v) is 2.16. The van der Waals surface area contributed by atoms with Gasteiger partial charge in [-0.05, 0) is 39.8 Å². The quantitative estimate of drug-likeness (QED) is 0.829. The van der Waals surface area contributed by atoms with Gasteiger partial charge in [0.05, 0.1) is 11.1 Å². The number of aliphatic imine (C=N–C) groups is 2. The van der Waals surface area contributed by atoms with Gasteiger partial charge in [-0.15, -0.1) is 0 Å². The molecule has 1 aromatic carbocycles. The van der Waals surface area contributed by atoms with Crippen molar-refractivity contribution in [3.8, 4) is 0 Å². The van der Waals surface area contributed by atoms with Crippen molar-refractivity contribution in [2.45, 2.75) is 38.8 Å². The Morgan fingerprint density at radius 2 is 1.35 bits per heavy atom. The largest absolute Gasteiger partial charge is 0.475 e. The molecule has 1 aromatic rings. The standard InChI is InChI=1S/C16H19N2O2/c1-15(2)9-19-13(17-15)11-6-5-7-12(8-11)14-18-16(3,4)10-20-14/h5-7H,9-10H2,1-4H3. The Bertz CT molecular complexity index is 551. The number of hydrogen-bond donors (Lipinski definition) is 0. The average molecular weight is 271 g/mol. The van der Waals surface area contributed by atoms with Crippen LogP contribution in [0.4, 0.5) is 0 Å². The minimum absolute atomic E-state index is 0.164. The number of hydrogen-bond acceptors (Lipinski definition) is 4. The third kappa shape index (κ3) is 2.55. The molecule has 105 valence electrons. The lowest BCUT2D eigenvalue weighted by molar-refractivity contribution is 0.279. The third-order valence-electron chi connectivity index (χ3n) is 3.19. The van der Waals surface area contributed by atoms with E-state index in [9.17, 15) is 0 Å². The average Bonchev–Trinajstić information content (AvgIpc) is 2.92. The molecule has 0 aromatic heterocycles. The summed E-state index contributed by atoms with van der Waals surface area (Å²) in [5.41, 5.74) is 1.37. The molecule has 2 heterocycles. The lowest BCUT2D eigenvalue weighted by Gasteiger charge is -2.07. The molecule has 20 heavy (non-hydrogen) atoms. The maximum atomic E-state index is 5.65. The van der Waals surface area contributed by atoms with Crippen molar-refractivity contribution in [1.29, 1.82) is 0 Å². The van der Waals surface area contributed by atoms with Crippen LogP contribution in [0.5, 0.6) is 0 Å². The molecule has 0 amide bonds. The second kappa shape index (κ2) is 4.33. The highest BCUT2D eigenvalue weighted by Gasteiger charge is 2.29. The minimum atomic E-state index is -0.164. The van der Waals surface area contributed by atoms with Crippen molar-refractivity contribution in [1.82, 2.24) is 0 Å². The zero-order valence-corrected chi connectivity index (χ0v) is 12.4. The Morgan fingerprint density at radius 3 is 1.70 bits per heavy atom. The van der Waals surface area contributed by atoms with E-state index in [1.165, 1.54) is 0 Å². The molecular formula is C16H19N2O2. The Balaban J connectivity index is 1.92. The van der Waals surface area contributed by atoms with Gasteiger partial charge in [0.25, 0.3) is 0 Å². The van der Waals surface area contributed by atoms with E-state index in [0.717, 1.165) is 11.1 Å². The Labute approximate surface area is 119 Å². The van der Waals surface area contributed by atoms with Crippen LogP contribution in [0.15, 0.2) is 28.2 Å². The van der Waals surface area contributed by atoms with Gasteiger partial charge in [0.15, 0.2) is 0 Å². The van der Waals surface area contributed by atoms with Crippen molar-refractivity contribution in [2.24, 2.45) is 9.98 Å². The molecule has 0 bridgehead atoms. The minimum Gasteiger partial charge on any atom is -0.475 e. The van der Waals surface area contributed by atoms with Crippen LogP contribution in [0.2, 0.25) is 0 Å². The monoisotopic (exact) mass is 271 g/mol. The molecule has 0 atom stereocenters. The molecule has 2 aliphatic rings. The van der Waals surface area contributed by atoms with Crippen LogP contribution in [0.3, 0.4) is 0 Å². The first-order chi connectivity index (χ1) is 9.35. The zero-order valence-electron chi connectivity index (χ0n) is 12.4. The van der Waals surface area contributed by atoms with E-state index < -0.39 is 0 Å². The number of rotatable bonds is 2. The highest BCUT2D eigenvalue weighted by molar-refractivity contribution is 6.00. The number of ether oxygens (including phenoxy) is 2. The molecule has 4 nitrogen and oxygen atoms in total. The van der Waals surface area contributed by atoms with Crippen LogP contribution in [-0.2, 0) is 9.47 Å². The smallest absolute Gasteiger partial charge is 0.217 e. The van der Waals surface area contributed by atoms with Crippen LogP contribution in [0, 0.1) is 6.07 Å². The lowest BCUT2D eigenvalue weighted by atomic mass is 10.1. The first-order valence-electron chi connectivity index (χ1n) is 6.83. The summed E-state index contributed by atoms with van der Waals surface area (Å²) >= 11 is 0. The van der Waals surface area contributed by atoms with Gasteiger partial charge in [0.2, 0.25) is 11.8 Å². The maximum Gasteiger partial charge on any atom is 0.217 e. The van der Waals surface area contributed by atoms with Crippen LogP contribution in [0.25, 0.3) is 0 Å². The fraction of sp³-hybridized carbons (Fsp3) is 0.500. The topological polar surface area (TPSA) is 43.2 Å². The van der Waals surface area contributed by atoms with Gasteiger partial charge in [0, 0.05) is 17.2 Å². The molecule has 1 radical (unpaired) electrons. The van der Waals surface area contributed by atoms with Gasteiger partial charge < -0.3 is 9.47 Å². The number of nitrogens with zero attached hydrogens (tertiary/aromatic N) is 2. The summed E-state index contributed by atoms with van der Waals surface area (Å²) in [7, 11) is 0. The first kappa shape index (κ1) is 13.2. The summed E-state index contributed by atoms with van der Waals surface area (Å²) in [6.45, 7) is 9.41. The summed E-state index contributed by atoms with van der Waals surface area (Å²) < 4.78 is 11.3. The van der Waals surface area contributed by atoms with Crippen molar-refractivity contribution in [3.63, 3.8) is 0 Å². The normalized spacial score (nSPS) is 22.8. The second-order valence-electron chi connectivity index (χ2n) is 6.51. The Hall–Kier alpha value is -1.84. The summed E-state index contributed by atoms with van der Waals surface area (Å²) in [5, 5.41) is 0. The zero-order chi connectivity index (χ0) is 14.4. The van der Waals surface area contributed by atoms with Crippen molar-refractivity contribution in [3.05, 3.63) is 35.4 Å². The second-order valence-corrected chi connectivity index (χ2v) is 6.51. The van der Waals surface area contributed by atoms with E-state index in [-0.39, 0.29) is 11.1 Å². The van der Waals surface area contributed by atoms with Crippen LogP contribution >= 0.6 is 0 Å². The first-order valence-corrected chi connectivity index (χ1v) is 6.83. The molecule has 0 saturated heterocycles. The Kier molecular flexibility index (Phi) is 2.85. The van der Waals surface area contributed by atoms with Crippen molar-refractivity contribution < 1.29 is 9.47 Å². The van der Waals surface area contributed by atoms with Crippen LogP contribution in [0.1, 0.15) is 38.8 Å². The predicted molar refractivity (Wildman–Crippen MR) is 78.4 cm³/mol. The molecule has 0 saturated carbocycles. The summed E-state index contributed by atoms with van der Waals surface area (Å²) in [4.78, 5) is 9.14. The van der Waals surface area contributed by atoms with E-state index in [1.54, 1.807) is 0 Å². The van der Waals surface area contributed by atoms with E-state index in [1.807, 2.05) is 18.2 Å². The van der Waals surface area contributed by atoms with Gasteiger partial charge in [-0.25, -0.2) is 9.98 Å². The highest BCUT2D eigenvalue weighted by atomic mass is 16.5. The molecule has 2 aliphatic heterocycles. The van der Waals surface area contributed by atoms with Gasteiger partial charge in [-0.1, -0.05) is 6.07 Å². The maximum absolute atomic E-state index is 5.65. The molecule has 0 fully saturated rings. The van der Waals surface area contributed by atoms with Crippen LogP contribution in [-0.4, -0.2) is 36.1 Å². The van der Waals surface area contributed by atoms with E-state index in [2.05, 4.69) is 43.7 Å². The van der Waals surface area contributed by atoms with E-state index in [4.69, 9.17) is 9.47 Å². The molecule has 0 spiro atoms. The van der Waals surface area contributed by atoms with Crippen molar-refractivity contribution >= 4 is 11.8 Å². The molecule has 4 heteroatoms. The molecule has 0 aliphatic carbocycles. The summed E-state index contributed by atoms with van der Waals surface area (Å²) in [5.74, 6) is 1.30. The molecule has 0 N–H and O–H groups in total. The Morgan fingerprint density at radius 1 is 0.900 bits per heavy atom. The number of benzene rings is 1. The molecule has 3 rings (SSSR count). The molecule has 0 unspecified atom stereocenters. The SMILES string of the molecule is CC1(C)COC(c2[c]c(C3=NC(C)(C)CO3)ccc2)=N1. The van der Waals surface area contributed by atoms with E-state index >= 15 is 0 Å². The van der Waals surface area contributed by atoms with Gasteiger partial charge >= 0.3 is 0 Å². The van der Waals surface area contributed by atoms with Gasteiger partial charge in [-0.2, -0.15) is 0 Å². The fourth-order valence-electron chi connectivity index (χ4n) is 2.16. The van der Waals surface area contributed by atoms with E-state index in [0.29, 0.717) is 25.0 Å². The summed E-state index contributed by atoms with van der Waals surface area (Å²) in [6, 6.07) is 9.14. The van der Waals surface area contributed by atoms with Gasteiger partial charge in [0.1, 0.15) is 13.2 Å². The van der Waals surface area contributed by atoms with Crippen molar-refractivity contribution in [2.75, 3.05) is 13.2 Å². The third-order valence-corrected chi connectivity index (χ3v) is 3.19.